The van der Waals surface area contributed by atoms with Gasteiger partial charge < -0.3 is 11.1 Å². The van der Waals surface area contributed by atoms with Gasteiger partial charge >= 0.3 is 0 Å². The van der Waals surface area contributed by atoms with E-state index in [2.05, 4.69) is 5.32 Å². The summed E-state index contributed by atoms with van der Waals surface area (Å²) < 4.78 is 13.9. The standard InChI is InChI=1S/C17H19FN2O/c1-11-4-3-5-15(16(11)18)17(21)20-12(2)14-8-6-13(10-19)7-9-14/h3-9,12H,10,19H2,1-2H3,(H,20,21). The van der Waals surface area contributed by atoms with Crippen molar-refractivity contribution in [1.82, 2.24) is 5.32 Å². The maximum atomic E-state index is 13.9. The van der Waals surface area contributed by atoms with Crippen LogP contribution in [0.25, 0.3) is 0 Å². The molecule has 1 atom stereocenters. The molecule has 0 radical (unpaired) electrons. The van der Waals surface area contributed by atoms with E-state index < -0.39 is 11.7 Å². The van der Waals surface area contributed by atoms with Crippen molar-refractivity contribution >= 4 is 5.91 Å². The first-order chi connectivity index (χ1) is 10.0. The van der Waals surface area contributed by atoms with Crippen molar-refractivity contribution in [1.29, 1.82) is 0 Å². The van der Waals surface area contributed by atoms with Crippen molar-refractivity contribution in [3.63, 3.8) is 0 Å². The molecule has 0 spiro atoms. The average molecular weight is 286 g/mol. The summed E-state index contributed by atoms with van der Waals surface area (Å²) in [6.45, 7) is 3.99. The van der Waals surface area contributed by atoms with E-state index in [0.717, 1.165) is 11.1 Å². The summed E-state index contributed by atoms with van der Waals surface area (Å²) in [4.78, 5) is 12.2. The van der Waals surface area contributed by atoms with Gasteiger partial charge in [0.25, 0.3) is 5.91 Å². The van der Waals surface area contributed by atoms with Gasteiger partial charge in [0.2, 0.25) is 0 Å². The lowest BCUT2D eigenvalue weighted by atomic mass is 10.0. The van der Waals surface area contributed by atoms with Crippen LogP contribution < -0.4 is 11.1 Å². The zero-order chi connectivity index (χ0) is 15.4. The van der Waals surface area contributed by atoms with Crippen molar-refractivity contribution in [2.45, 2.75) is 26.4 Å². The minimum atomic E-state index is -0.472. The lowest BCUT2D eigenvalue weighted by Crippen LogP contribution is -2.27. The molecule has 1 unspecified atom stereocenters. The lowest BCUT2D eigenvalue weighted by molar-refractivity contribution is 0.0935. The molecule has 21 heavy (non-hydrogen) atoms. The van der Waals surface area contributed by atoms with Crippen LogP contribution in [0.5, 0.6) is 0 Å². The molecule has 0 aliphatic rings. The molecule has 2 rings (SSSR count). The highest BCUT2D eigenvalue weighted by Crippen LogP contribution is 2.16. The first-order valence-corrected chi connectivity index (χ1v) is 6.87. The van der Waals surface area contributed by atoms with Gasteiger partial charge in [0.05, 0.1) is 11.6 Å². The minimum absolute atomic E-state index is 0.0698. The largest absolute Gasteiger partial charge is 0.345 e. The Morgan fingerprint density at radius 1 is 1.24 bits per heavy atom. The molecule has 3 N–H and O–H groups in total. The molecule has 0 saturated heterocycles. The van der Waals surface area contributed by atoms with Gasteiger partial charge in [-0.15, -0.1) is 0 Å². The quantitative estimate of drug-likeness (QED) is 0.907. The highest BCUT2D eigenvalue weighted by Gasteiger charge is 2.16. The molecule has 2 aromatic carbocycles. The summed E-state index contributed by atoms with van der Waals surface area (Å²) in [5.74, 6) is -0.882. The summed E-state index contributed by atoms with van der Waals surface area (Å²) >= 11 is 0. The molecule has 0 aliphatic carbocycles. The van der Waals surface area contributed by atoms with Crippen LogP contribution >= 0.6 is 0 Å². The van der Waals surface area contributed by atoms with Crippen molar-refractivity contribution in [2.75, 3.05) is 0 Å². The van der Waals surface area contributed by atoms with Gasteiger partial charge in [-0.05, 0) is 36.6 Å². The summed E-state index contributed by atoms with van der Waals surface area (Å²) in [7, 11) is 0. The van der Waals surface area contributed by atoms with E-state index in [1.54, 1.807) is 19.1 Å². The first-order valence-electron chi connectivity index (χ1n) is 6.87. The number of aryl methyl sites for hydroxylation is 1. The molecule has 0 heterocycles. The van der Waals surface area contributed by atoms with Gasteiger partial charge in [-0.3, -0.25) is 4.79 Å². The van der Waals surface area contributed by atoms with Crippen LogP contribution in [0, 0.1) is 12.7 Å². The van der Waals surface area contributed by atoms with Crippen LogP contribution in [-0.4, -0.2) is 5.91 Å². The number of nitrogens with one attached hydrogen (secondary N) is 1. The molecule has 1 amide bonds. The smallest absolute Gasteiger partial charge is 0.254 e. The second-order valence-electron chi connectivity index (χ2n) is 5.08. The number of nitrogens with two attached hydrogens (primary N) is 1. The van der Waals surface area contributed by atoms with Gasteiger partial charge in [0, 0.05) is 6.54 Å². The van der Waals surface area contributed by atoms with Crippen LogP contribution in [0.15, 0.2) is 42.5 Å². The van der Waals surface area contributed by atoms with Crippen molar-refractivity contribution in [3.8, 4) is 0 Å². The highest BCUT2D eigenvalue weighted by atomic mass is 19.1. The number of carbonyl (C=O) groups is 1. The van der Waals surface area contributed by atoms with E-state index in [1.165, 1.54) is 6.07 Å². The molecule has 0 fully saturated rings. The molecule has 0 bridgehead atoms. The van der Waals surface area contributed by atoms with Crippen LogP contribution in [0.2, 0.25) is 0 Å². The Kier molecular flexibility index (Phi) is 4.70. The summed E-state index contributed by atoms with van der Waals surface area (Å²) in [6, 6.07) is 12.3. The molecular formula is C17H19FN2O. The number of amides is 1. The SMILES string of the molecule is Cc1cccc(C(=O)NC(C)c2ccc(CN)cc2)c1F. The second-order valence-corrected chi connectivity index (χ2v) is 5.08. The number of carbonyl (C=O) groups excluding carboxylic acids is 1. The predicted octanol–water partition coefficient (Wildman–Crippen LogP) is 3.08. The van der Waals surface area contributed by atoms with Gasteiger partial charge in [0.1, 0.15) is 5.82 Å². The van der Waals surface area contributed by atoms with Gasteiger partial charge in [-0.2, -0.15) is 0 Å². The Morgan fingerprint density at radius 2 is 1.90 bits per heavy atom. The lowest BCUT2D eigenvalue weighted by Gasteiger charge is -2.15. The zero-order valence-corrected chi connectivity index (χ0v) is 12.2. The monoisotopic (exact) mass is 286 g/mol. The Labute approximate surface area is 124 Å². The van der Waals surface area contributed by atoms with Crippen LogP contribution in [0.4, 0.5) is 4.39 Å². The summed E-state index contributed by atoms with van der Waals surface area (Å²) in [5, 5.41) is 2.81. The van der Waals surface area contributed by atoms with Crippen LogP contribution in [-0.2, 0) is 6.54 Å². The molecular weight excluding hydrogens is 267 g/mol. The number of benzene rings is 2. The van der Waals surface area contributed by atoms with E-state index in [4.69, 9.17) is 5.73 Å². The number of hydrogen-bond acceptors (Lipinski definition) is 2. The van der Waals surface area contributed by atoms with Crippen molar-refractivity contribution < 1.29 is 9.18 Å². The molecule has 110 valence electrons. The maximum Gasteiger partial charge on any atom is 0.254 e. The zero-order valence-electron chi connectivity index (χ0n) is 12.2. The molecule has 2 aromatic rings. The predicted molar refractivity (Wildman–Crippen MR) is 81.4 cm³/mol. The molecule has 0 aliphatic heterocycles. The van der Waals surface area contributed by atoms with Gasteiger partial charge in [0.15, 0.2) is 0 Å². The van der Waals surface area contributed by atoms with Crippen LogP contribution in [0.3, 0.4) is 0 Å². The molecule has 4 heteroatoms. The van der Waals surface area contributed by atoms with E-state index in [1.807, 2.05) is 31.2 Å². The summed E-state index contributed by atoms with van der Waals surface area (Å²) in [5.41, 5.74) is 8.06. The number of rotatable bonds is 4. The van der Waals surface area contributed by atoms with E-state index >= 15 is 0 Å². The van der Waals surface area contributed by atoms with E-state index in [9.17, 15) is 9.18 Å². The normalized spacial score (nSPS) is 12.0. The Balaban J connectivity index is 2.12. The third-order valence-electron chi connectivity index (χ3n) is 3.50. The molecule has 0 saturated carbocycles. The fourth-order valence-electron chi connectivity index (χ4n) is 2.12. The number of halogens is 1. The third-order valence-corrected chi connectivity index (χ3v) is 3.50. The Bertz CT molecular complexity index is 638. The van der Waals surface area contributed by atoms with Crippen LogP contribution in [0.1, 0.15) is 40.0 Å². The first kappa shape index (κ1) is 15.2. The second kappa shape index (κ2) is 6.50. The maximum absolute atomic E-state index is 13.9. The van der Waals surface area contributed by atoms with Crippen molar-refractivity contribution in [2.24, 2.45) is 5.73 Å². The fourth-order valence-corrected chi connectivity index (χ4v) is 2.12. The average Bonchev–Trinajstić information content (AvgIpc) is 2.50. The fraction of sp³-hybridized carbons (Fsp3) is 0.235. The third kappa shape index (κ3) is 3.47. The van der Waals surface area contributed by atoms with Crippen molar-refractivity contribution in [3.05, 3.63) is 70.5 Å². The summed E-state index contributed by atoms with van der Waals surface area (Å²) in [6.07, 6.45) is 0. The number of hydrogen-bond donors (Lipinski definition) is 2. The minimum Gasteiger partial charge on any atom is -0.345 e. The topological polar surface area (TPSA) is 55.1 Å². The molecule has 3 nitrogen and oxygen atoms in total. The van der Waals surface area contributed by atoms with Gasteiger partial charge in [-0.25, -0.2) is 4.39 Å². The van der Waals surface area contributed by atoms with E-state index in [-0.39, 0.29) is 11.6 Å². The Morgan fingerprint density at radius 3 is 2.52 bits per heavy atom. The van der Waals surface area contributed by atoms with E-state index in [0.29, 0.717) is 12.1 Å². The molecule has 0 aromatic heterocycles. The highest BCUT2D eigenvalue weighted by molar-refractivity contribution is 5.94. The van der Waals surface area contributed by atoms with Gasteiger partial charge in [-0.1, -0.05) is 36.4 Å². The Hall–Kier alpha value is -2.20.